The molecular formula is C28H41NO. The third kappa shape index (κ3) is 7.45. The lowest BCUT2D eigenvalue weighted by molar-refractivity contribution is 0.249. The van der Waals surface area contributed by atoms with Crippen molar-refractivity contribution in [3.05, 3.63) is 48.2 Å². The van der Waals surface area contributed by atoms with E-state index in [-0.39, 0.29) is 0 Å². The molecule has 0 N–H and O–H groups in total. The zero-order chi connectivity index (χ0) is 21.0. The second-order valence-electron chi connectivity index (χ2n) is 9.20. The average molecular weight is 408 g/mol. The molecule has 164 valence electrons. The number of nitrogens with zero attached hydrogens (tertiary/aromatic N) is 1. The zero-order valence-electron chi connectivity index (χ0n) is 19.2. The number of rotatable bonds is 12. The number of hydrogen-bond donors (Lipinski definition) is 0. The fourth-order valence-corrected chi connectivity index (χ4v) is 4.72. The lowest BCUT2D eigenvalue weighted by Crippen LogP contribution is -2.15. The van der Waals surface area contributed by atoms with Crippen LogP contribution in [-0.2, 0) is 6.42 Å². The van der Waals surface area contributed by atoms with Gasteiger partial charge in [0.05, 0.1) is 12.3 Å². The second kappa shape index (κ2) is 12.8. The molecule has 2 heteroatoms. The van der Waals surface area contributed by atoms with Crippen molar-refractivity contribution in [2.75, 3.05) is 6.61 Å². The van der Waals surface area contributed by atoms with Crippen LogP contribution in [0.1, 0.15) is 90.0 Å². The summed E-state index contributed by atoms with van der Waals surface area (Å²) in [6.45, 7) is 5.20. The first kappa shape index (κ1) is 22.8. The summed E-state index contributed by atoms with van der Waals surface area (Å²) in [5, 5.41) is 0. The molecule has 0 saturated heterocycles. The van der Waals surface area contributed by atoms with Crippen LogP contribution in [0.5, 0.6) is 5.75 Å². The van der Waals surface area contributed by atoms with Gasteiger partial charge in [0.2, 0.25) is 0 Å². The van der Waals surface area contributed by atoms with Gasteiger partial charge in [-0.3, -0.25) is 4.98 Å². The van der Waals surface area contributed by atoms with E-state index in [0.717, 1.165) is 41.9 Å². The molecule has 3 rings (SSSR count). The molecular weight excluding hydrogens is 366 g/mol. The Hall–Kier alpha value is -1.83. The highest BCUT2D eigenvalue weighted by Gasteiger charge is 2.20. The van der Waals surface area contributed by atoms with E-state index in [9.17, 15) is 0 Å². The van der Waals surface area contributed by atoms with Crippen LogP contribution in [0, 0.1) is 11.8 Å². The molecule has 1 aliphatic rings. The van der Waals surface area contributed by atoms with Crippen molar-refractivity contribution in [1.29, 1.82) is 0 Å². The minimum atomic E-state index is 0.771. The normalized spacial score (nSPS) is 19.0. The predicted octanol–water partition coefficient (Wildman–Crippen LogP) is 8.25. The fraction of sp³-hybridized carbons (Fsp3) is 0.607. The van der Waals surface area contributed by atoms with Crippen LogP contribution in [0.4, 0.5) is 0 Å². The minimum Gasteiger partial charge on any atom is -0.494 e. The van der Waals surface area contributed by atoms with Crippen LogP contribution in [0.3, 0.4) is 0 Å². The Morgan fingerprint density at radius 3 is 2.17 bits per heavy atom. The first-order valence-corrected chi connectivity index (χ1v) is 12.5. The molecule has 0 aliphatic heterocycles. The van der Waals surface area contributed by atoms with Gasteiger partial charge in [0, 0.05) is 11.8 Å². The Kier molecular flexibility index (Phi) is 9.73. The second-order valence-corrected chi connectivity index (χ2v) is 9.20. The largest absolute Gasteiger partial charge is 0.494 e. The van der Waals surface area contributed by atoms with Crippen LogP contribution in [0.15, 0.2) is 42.6 Å². The molecule has 2 aromatic rings. The van der Waals surface area contributed by atoms with Crippen molar-refractivity contribution >= 4 is 0 Å². The number of benzene rings is 1. The lowest BCUT2D eigenvalue weighted by atomic mass is 9.78. The molecule has 0 spiro atoms. The van der Waals surface area contributed by atoms with Crippen LogP contribution < -0.4 is 4.74 Å². The minimum absolute atomic E-state index is 0.771. The molecule has 0 atom stereocenters. The van der Waals surface area contributed by atoms with Gasteiger partial charge in [0.25, 0.3) is 0 Å². The van der Waals surface area contributed by atoms with Crippen LogP contribution in [0.2, 0.25) is 0 Å². The highest BCUT2D eigenvalue weighted by molar-refractivity contribution is 5.60. The Labute approximate surface area is 184 Å². The molecule has 1 heterocycles. The monoisotopic (exact) mass is 407 g/mol. The summed E-state index contributed by atoms with van der Waals surface area (Å²) in [4.78, 5) is 4.72. The van der Waals surface area contributed by atoms with E-state index in [0.29, 0.717) is 0 Å². The molecule has 1 saturated carbocycles. The summed E-state index contributed by atoms with van der Waals surface area (Å²) >= 11 is 0. The number of pyridine rings is 1. The number of aryl methyl sites for hydroxylation is 1. The summed E-state index contributed by atoms with van der Waals surface area (Å²) in [6.07, 6.45) is 18.6. The van der Waals surface area contributed by atoms with Gasteiger partial charge in [-0.25, -0.2) is 0 Å². The Bertz CT molecular complexity index is 698. The van der Waals surface area contributed by atoms with Crippen molar-refractivity contribution in [3.63, 3.8) is 0 Å². The van der Waals surface area contributed by atoms with E-state index < -0.39 is 0 Å². The third-order valence-electron chi connectivity index (χ3n) is 6.72. The SMILES string of the molecule is CCCCCC[C@H]1CC[C@H](CCc2ccc(-c3ccc(OCCC)cc3)nc2)CC1. The highest BCUT2D eigenvalue weighted by Crippen LogP contribution is 2.34. The summed E-state index contributed by atoms with van der Waals surface area (Å²) in [7, 11) is 0. The summed E-state index contributed by atoms with van der Waals surface area (Å²) < 4.78 is 5.67. The Balaban J connectivity index is 1.39. The van der Waals surface area contributed by atoms with E-state index in [1.807, 2.05) is 12.1 Å². The summed E-state index contributed by atoms with van der Waals surface area (Å²) in [5.74, 6) is 2.87. The van der Waals surface area contributed by atoms with Gasteiger partial charge in [-0.05, 0) is 67.0 Å². The number of unbranched alkanes of at least 4 members (excludes halogenated alkanes) is 3. The van der Waals surface area contributed by atoms with E-state index in [1.54, 1.807) is 0 Å². The number of aromatic nitrogens is 1. The number of hydrogen-bond acceptors (Lipinski definition) is 2. The van der Waals surface area contributed by atoms with Gasteiger partial charge in [0.15, 0.2) is 0 Å². The van der Waals surface area contributed by atoms with Gasteiger partial charge >= 0.3 is 0 Å². The zero-order valence-corrected chi connectivity index (χ0v) is 19.2. The van der Waals surface area contributed by atoms with Gasteiger partial charge in [0.1, 0.15) is 5.75 Å². The first-order chi connectivity index (χ1) is 14.8. The smallest absolute Gasteiger partial charge is 0.119 e. The maximum absolute atomic E-state index is 5.67. The molecule has 0 amide bonds. The van der Waals surface area contributed by atoms with E-state index in [4.69, 9.17) is 9.72 Å². The van der Waals surface area contributed by atoms with Crippen molar-refractivity contribution in [2.24, 2.45) is 11.8 Å². The topological polar surface area (TPSA) is 22.1 Å². The molecule has 0 radical (unpaired) electrons. The quantitative estimate of drug-likeness (QED) is 0.330. The maximum atomic E-state index is 5.67. The third-order valence-corrected chi connectivity index (χ3v) is 6.72. The van der Waals surface area contributed by atoms with Crippen molar-refractivity contribution < 1.29 is 4.74 Å². The molecule has 1 aliphatic carbocycles. The molecule has 1 aromatic heterocycles. The van der Waals surface area contributed by atoms with E-state index >= 15 is 0 Å². The fourth-order valence-electron chi connectivity index (χ4n) is 4.72. The first-order valence-electron chi connectivity index (χ1n) is 12.5. The van der Waals surface area contributed by atoms with E-state index in [2.05, 4.69) is 44.3 Å². The number of ether oxygens (including phenoxy) is 1. The van der Waals surface area contributed by atoms with Crippen LogP contribution in [-0.4, -0.2) is 11.6 Å². The standard InChI is InChI=1S/C28H41NO/c1-3-5-6-7-8-23-9-11-24(12-10-23)13-14-25-15-20-28(29-22-25)26-16-18-27(19-17-26)30-21-4-2/h15-20,22-24H,3-14,21H2,1-2H3/t23-,24-. The van der Waals surface area contributed by atoms with Crippen LogP contribution in [0.25, 0.3) is 11.3 Å². The summed E-state index contributed by atoms with van der Waals surface area (Å²) in [6, 6.07) is 12.7. The van der Waals surface area contributed by atoms with E-state index in [1.165, 1.54) is 76.2 Å². The van der Waals surface area contributed by atoms with Gasteiger partial charge in [-0.2, -0.15) is 0 Å². The molecule has 1 aromatic carbocycles. The van der Waals surface area contributed by atoms with Gasteiger partial charge in [-0.15, -0.1) is 0 Å². The predicted molar refractivity (Wildman–Crippen MR) is 128 cm³/mol. The molecule has 2 nitrogen and oxygen atoms in total. The molecule has 30 heavy (non-hydrogen) atoms. The van der Waals surface area contributed by atoms with Crippen molar-refractivity contribution in [1.82, 2.24) is 4.98 Å². The maximum Gasteiger partial charge on any atom is 0.119 e. The van der Waals surface area contributed by atoms with Crippen molar-refractivity contribution in [3.8, 4) is 17.0 Å². The van der Waals surface area contributed by atoms with Crippen molar-refractivity contribution in [2.45, 2.75) is 90.9 Å². The molecule has 0 bridgehead atoms. The highest BCUT2D eigenvalue weighted by atomic mass is 16.5. The molecule has 0 unspecified atom stereocenters. The average Bonchev–Trinajstić information content (AvgIpc) is 2.81. The van der Waals surface area contributed by atoms with Crippen LogP contribution >= 0.6 is 0 Å². The van der Waals surface area contributed by atoms with Gasteiger partial charge < -0.3 is 4.74 Å². The van der Waals surface area contributed by atoms with Gasteiger partial charge in [-0.1, -0.05) is 77.7 Å². The Morgan fingerprint density at radius 2 is 1.53 bits per heavy atom. The Morgan fingerprint density at radius 1 is 0.800 bits per heavy atom. The summed E-state index contributed by atoms with van der Waals surface area (Å²) in [5.41, 5.74) is 3.58. The lowest BCUT2D eigenvalue weighted by Gasteiger charge is -2.28. The molecule has 1 fully saturated rings.